The maximum absolute atomic E-state index is 14.1. The molecule has 2 aliphatic heterocycles. The Balaban J connectivity index is 1.25. The second-order valence-corrected chi connectivity index (χ2v) is 10.9. The van der Waals surface area contributed by atoms with Gasteiger partial charge in [-0.25, -0.2) is 0 Å². The van der Waals surface area contributed by atoms with Crippen molar-refractivity contribution in [3.8, 4) is 0 Å². The monoisotopic (exact) mass is 493 g/mol. The average molecular weight is 494 g/mol. The minimum Gasteiger partial charge on any atom is -0.353 e. The maximum atomic E-state index is 14.1. The number of fused-ring (bicyclic) bond motifs is 1. The SMILES string of the molecule is Cc1cccc([C@H]2[C@H](C(=O)NC3CCN(Cc4ccccc4)CC3)c3ccccc3C(=O)N2C2CC2)c1. The number of aryl methyl sites for hydroxylation is 1. The number of piperidine rings is 1. The van der Waals surface area contributed by atoms with Crippen molar-refractivity contribution in [1.82, 2.24) is 15.1 Å². The van der Waals surface area contributed by atoms with Gasteiger partial charge in [-0.05, 0) is 55.4 Å². The van der Waals surface area contributed by atoms with Crippen LogP contribution in [-0.2, 0) is 11.3 Å². The molecule has 5 heteroatoms. The molecule has 1 aliphatic carbocycles. The van der Waals surface area contributed by atoms with Crippen molar-refractivity contribution in [2.45, 2.75) is 63.2 Å². The summed E-state index contributed by atoms with van der Waals surface area (Å²) in [5.41, 5.74) is 5.05. The van der Waals surface area contributed by atoms with Crippen molar-refractivity contribution in [1.29, 1.82) is 0 Å². The molecule has 2 fully saturated rings. The van der Waals surface area contributed by atoms with Gasteiger partial charge < -0.3 is 10.2 Å². The zero-order chi connectivity index (χ0) is 25.4. The number of amides is 2. The third kappa shape index (κ3) is 4.93. The summed E-state index contributed by atoms with van der Waals surface area (Å²) in [6.45, 7) is 4.96. The van der Waals surface area contributed by atoms with Gasteiger partial charge >= 0.3 is 0 Å². The van der Waals surface area contributed by atoms with Crippen LogP contribution in [0.4, 0.5) is 0 Å². The molecule has 1 saturated heterocycles. The molecule has 1 N–H and O–H groups in total. The quantitative estimate of drug-likeness (QED) is 0.512. The fourth-order valence-electron chi connectivity index (χ4n) is 6.16. The van der Waals surface area contributed by atoms with Crippen molar-refractivity contribution < 1.29 is 9.59 Å². The van der Waals surface area contributed by atoms with Gasteiger partial charge in [-0.3, -0.25) is 14.5 Å². The predicted molar refractivity (Wildman–Crippen MR) is 145 cm³/mol. The summed E-state index contributed by atoms with van der Waals surface area (Å²) in [4.78, 5) is 32.3. The number of benzene rings is 3. The summed E-state index contributed by atoms with van der Waals surface area (Å²) < 4.78 is 0. The first-order chi connectivity index (χ1) is 18.1. The van der Waals surface area contributed by atoms with Crippen LogP contribution in [0.2, 0.25) is 0 Å². The lowest BCUT2D eigenvalue weighted by Crippen LogP contribution is -2.51. The van der Waals surface area contributed by atoms with E-state index in [4.69, 9.17) is 0 Å². The lowest BCUT2D eigenvalue weighted by Gasteiger charge is -2.43. The number of carbonyl (C=O) groups is 2. The maximum Gasteiger partial charge on any atom is 0.254 e. The molecule has 0 spiro atoms. The Labute approximate surface area is 219 Å². The average Bonchev–Trinajstić information content (AvgIpc) is 3.75. The second kappa shape index (κ2) is 10.1. The summed E-state index contributed by atoms with van der Waals surface area (Å²) in [6.07, 6.45) is 3.88. The second-order valence-electron chi connectivity index (χ2n) is 10.9. The van der Waals surface area contributed by atoms with E-state index in [0.29, 0.717) is 5.56 Å². The molecule has 1 saturated carbocycles. The van der Waals surface area contributed by atoms with Crippen LogP contribution in [0.3, 0.4) is 0 Å². The van der Waals surface area contributed by atoms with Crippen molar-refractivity contribution in [3.05, 3.63) is 107 Å². The Hall–Kier alpha value is -3.44. The molecule has 2 heterocycles. The summed E-state index contributed by atoms with van der Waals surface area (Å²) in [6, 6.07) is 26.7. The van der Waals surface area contributed by atoms with Gasteiger partial charge in [0.15, 0.2) is 0 Å². The van der Waals surface area contributed by atoms with E-state index in [2.05, 4.69) is 65.7 Å². The van der Waals surface area contributed by atoms with Gasteiger partial charge in [0.1, 0.15) is 0 Å². The first-order valence-corrected chi connectivity index (χ1v) is 13.6. The Kier molecular flexibility index (Phi) is 6.56. The molecular weight excluding hydrogens is 458 g/mol. The van der Waals surface area contributed by atoms with Crippen LogP contribution in [-0.4, -0.2) is 46.8 Å². The largest absolute Gasteiger partial charge is 0.353 e. The van der Waals surface area contributed by atoms with Gasteiger partial charge in [0.25, 0.3) is 5.91 Å². The molecular formula is C32H35N3O2. The minimum atomic E-state index is -0.418. The van der Waals surface area contributed by atoms with E-state index in [9.17, 15) is 9.59 Å². The molecule has 190 valence electrons. The van der Waals surface area contributed by atoms with Gasteiger partial charge in [-0.15, -0.1) is 0 Å². The molecule has 3 aromatic carbocycles. The van der Waals surface area contributed by atoms with E-state index >= 15 is 0 Å². The highest BCUT2D eigenvalue weighted by Gasteiger charge is 2.49. The van der Waals surface area contributed by atoms with Crippen molar-refractivity contribution in [2.24, 2.45) is 0 Å². The van der Waals surface area contributed by atoms with Gasteiger partial charge in [-0.2, -0.15) is 0 Å². The van der Waals surface area contributed by atoms with Crippen molar-refractivity contribution in [2.75, 3.05) is 13.1 Å². The lowest BCUT2D eigenvalue weighted by atomic mass is 9.78. The van der Waals surface area contributed by atoms with Crippen LogP contribution in [0.15, 0.2) is 78.9 Å². The molecule has 5 nitrogen and oxygen atoms in total. The van der Waals surface area contributed by atoms with Crippen LogP contribution in [0, 0.1) is 6.92 Å². The Morgan fingerprint density at radius 2 is 1.62 bits per heavy atom. The number of nitrogens with one attached hydrogen (secondary N) is 1. The molecule has 6 rings (SSSR count). The summed E-state index contributed by atoms with van der Waals surface area (Å²) in [5, 5.41) is 3.42. The number of nitrogens with zero attached hydrogens (tertiary/aromatic N) is 2. The van der Waals surface area contributed by atoms with Gasteiger partial charge in [0.05, 0.1) is 12.0 Å². The molecule has 37 heavy (non-hydrogen) atoms. The Morgan fingerprint density at radius 1 is 0.892 bits per heavy atom. The van der Waals surface area contributed by atoms with Gasteiger partial charge in [0, 0.05) is 37.3 Å². The molecule has 2 atom stereocenters. The highest BCUT2D eigenvalue weighted by Crippen LogP contribution is 2.47. The molecule has 0 bridgehead atoms. The van der Waals surface area contributed by atoms with Crippen LogP contribution < -0.4 is 5.32 Å². The predicted octanol–water partition coefficient (Wildman–Crippen LogP) is 5.22. The van der Waals surface area contributed by atoms with Crippen LogP contribution in [0.1, 0.15) is 70.3 Å². The van der Waals surface area contributed by atoms with Crippen LogP contribution in [0.25, 0.3) is 0 Å². The highest BCUT2D eigenvalue weighted by atomic mass is 16.2. The first kappa shape index (κ1) is 23.9. The van der Waals surface area contributed by atoms with Gasteiger partial charge in [-0.1, -0.05) is 78.4 Å². The first-order valence-electron chi connectivity index (χ1n) is 13.6. The minimum absolute atomic E-state index is 0.0404. The number of rotatable bonds is 6. The van der Waals surface area contributed by atoms with E-state index in [1.165, 1.54) is 5.56 Å². The third-order valence-corrected chi connectivity index (χ3v) is 8.17. The molecule has 0 radical (unpaired) electrons. The topological polar surface area (TPSA) is 52.7 Å². The number of carbonyl (C=O) groups excluding carboxylic acids is 2. The van der Waals surface area contributed by atoms with Crippen molar-refractivity contribution >= 4 is 11.8 Å². The highest BCUT2D eigenvalue weighted by molar-refractivity contribution is 6.01. The molecule has 3 aromatic rings. The summed E-state index contributed by atoms with van der Waals surface area (Å²) >= 11 is 0. The summed E-state index contributed by atoms with van der Waals surface area (Å²) in [5.74, 6) is -0.319. The fourth-order valence-corrected chi connectivity index (χ4v) is 6.16. The van der Waals surface area contributed by atoms with Crippen LogP contribution in [0.5, 0.6) is 0 Å². The van der Waals surface area contributed by atoms with E-state index in [0.717, 1.165) is 62.0 Å². The third-order valence-electron chi connectivity index (χ3n) is 8.17. The fraction of sp³-hybridized carbons (Fsp3) is 0.375. The van der Waals surface area contributed by atoms with E-state index in [1.807, 2.05) is 35.2 Å². The van der Waals surface area contributed by atoms with E-state index in [1.54, 1.807) is 0 Å². The standard InChI is InChI=1S/C32H35N3O2/c1-22-8-7-11-24(20-22)30-29(27-12-5-6-13-28(27)32(37)35(30)26-14-15-26)31(36)33-25-16-18-34(19-17-25)21-23-9-3-2-4-10-23/h2-13,20,25-26,29-30H,14-19,21H2,1H3,(H,33,36)/t29-,30+/m1/s1. The number of hydrogen-bond donors (Lipinski definition) is 1. The van der Waals surface area contributed by atoms with Crippen molar-refractivity contribution in [3.63, 3.8) is 0 Å². The molecule has 3 aliphatic rings. The number of hydrogen-bond acceptors (Lipinski definition) is 3. The Morgan fingerprint density at radius 3 is 2.35 bits per heavy atom. The molecule has 0 unspecified atom stereocenters. The lowest BCUT2D eigenvalue weighted by molar-refractivity contribution is -0.125. The van der Waals surface area contributed by atoms with E-state index < -0.39 is 5.92 Å². The Bertz CT molecular complexity index is 1280. The summed E-state index contributed by atoms with van der Waals surface area (Å²) in [7, 11) is 0. The van der Waals surface area contributed by atoms with Crippen LogP contribution >= 0.6 is 0 Å². The number of likely N-dealkylation sites (tertiary alicyclic amines) is 1. The van der Waals surface area contributed by atoms with Gasteiger partial charge in [0.2, 0.25) is 5.91 Å². The molecule has 2 amide bonds. The smallest absolute Gasteiger partial charge is 0.254 e. The van der Waals surface area contributed by atoms with E-state index in [-0.39, 0.29) is 29.9 Å². The normalized spacial score (nSPS) is 22.5. The zero-order valence-electron chi connectivity index (χ0n) is 21.5. The zero-order valence-corrected chi connectivity index (χ0v) is 21.5. The molecule has 0 aromatic heterocycles.